The monoisotopic (exact) mass is 256 g/mol. The molecular formula is C14H16N4O. The van der Waals surface area contributed by atoms with Crippen molar-refractivity contribution >= 4 is 17.5 Å². The Morgan fingerprint density at radius 2 is 1.68 bits per heavy atom. The van der Waals surface area contributed by atoms with Crippen LogP contribution in [0.4, 0.5) is 16.3 Å². The lowest BCUT2D eigenvalue weighted by Crippen LogP contribution is -2.20. The van der Waals surface area contributed by atoms with Gasteiger partial charge in [0.15, 0.2) is 0 Å². The molecule has 0 fully saturated rings. The van der Waals surface area contributed by atoms with E-state index in [0.29, 0.717) is 11.6 Å². The number of aryl methyl sites for hydroxylation is 3. The van der Waals surface area contributed by atoms with Crippen LogP contribution in [-0.2, 0) is 0 Å². The number of nitrogens with zero attached hydrogens (tertiary/aromatic N) is 2. The van der Waals surface area contributed by atoms with Gasteiger partial charge in [-0.3, -0.25) is 5.32 Å². The van der Waals surface area contributed by atoms with Gasteiger partial charge in [-0.2, -0.15) is 0 Å². The predicted molar refractivity (Wildman–Crippen MR) is 75.3 cm³/mol. The van der Waals surface area contributed by atoms with Crippen LogP contribution >= 0.6 is 0 Å². The van der Waals surface area contributed by atoms with E-state index in [2.05, 4.69) is 20.6 Å². The zero-order valence-electron chi connectivity index (χ0n) is 11.2. The SMILES string of the molecule is Cc1ccc(NC(=O)Nc2cc(C)nc(C)n2)cc1. The number of urea groups is 1. The van der Waals surface area contributed by atoms with E-state index in [1.807, 2.05) is 38.1 Å². The fourth-order valence-corrected chi connectivity index (χ4v) is 1.70. The lowest BCUT2D eigenvalue weighted by molar-refractivity contribution is 0.262. The quantitative estimate of drug-likeness (QED) is 0.867. The first kappa shape index (κ1) is 13.0. The Hall–Kier alpha value is -2.43. The van der Waals surface area contributed by atoms with Gasteiger partial charge in [0.05, 0.1) is 0 Å². The Balaban J connectivity index is 2.03. The zero-order valence-corrected chi connectivity index (χ0v) is 11.2. The number of aromatic nitrogens is 2. The van der Waals surface area contributed by atoms with Crippen LogP contribution in [-0.4, -0.2) is 16.0 Å². The highest BCUT2D eigenvalue weighted by Gasteiger charge is 2.05. The summed E-state index contributed by atoms with van der Waals surface area (Å²) in [7, 11) is 0. The molecule has 0 radical (unpaired) electrons. The van der Waals surface area contributed by atoms with Gasteiger partial charge >= 0.3 is 6.03 Å². The first-order chi connectivity index (χ1) is 9.02. The lowest BCUT2D eigenvalue weighted by atomic mass is 10.2. The number of hydrogen-bond acceptors (Lipinski definition) is 3. The second-order valence-corrected chi connectivity index (χ2v) is 4.39. The topological polar surface area (TPSA) is 66.9 Å². The van der Waals surface area contributed by atoms with E-state index in [1.54, 1.807) is 13.0 Å². The molecule has 2 N–H and O–H groups in total. The van der Waals surface area contributed by atoms with Crippen molar-refractivity contribution in [1.82, 2.24) is 9.97 Å². The maximum Gasteiger partial charge on any atom is 0.324 e. The maximum atomic E-state index is 11.8. The Labute approximate surface area is 112 Å². The molecule has 0 bridgehead atoms. The number of hydrogen-bond donors (Lipinski definition) is 2. The van der Waals surface area contributed by atoms with Crippen molar-refractivity contribution in [2.24, 2.45) is 0 Å². The van der Waals surface area contributed by atoms with Crippen LogP contribution in [0, 0.1) is 20.8 Å². The molecule has 0 saturated heterocycles. The van der Waals surface area contributed by atoms with Gasteiger partial charge in [-0.25, -0.2) is 14.8 Å². The molecule has 1 aromatic carbocycles. The predicted octanol–water partition coefficient (Wildman–Crippen LogP) is 3.05. The van der Waals surface area contributed by atoms with Gasteiger partial charge < -0.3 is 5.32 Å². The van der Waals surface area contributed by atoms with Crippen LogP contribution in [0.5, 0.6) is 0 Å². The lowest BCUT2D eigenvalue weighted by Gasteiger charge is -2.08. The average Bonchev–Trinajstić information content (AvgIpc) is 2.30. The molecule has 5 heteroatoms. The molecule has 2 rings (SSSR count). The van der Waals surface area contributed by atoms with Crippen LogP contribution in [0.25, 0.3) is 0 Å². The van der Waals surface area contributed by atoms with Crippen molar-refractivity contribution in [3.63, 3.8) is 0 Å². The molecular weight excluding hydrogens is 240 g/mol. The first-order valence-corrected chi connectivity index (χ1v) is 6.00. The number of anilines is 2. The molecule has 1 aromatic heterocycles. The van der Waals surface area contributed by atoms with Crippen molar-refractivity contribution in [3.05, 3.63) is 47.4 Å². The third-order valence-corrected chi connectivity index (χ3v) is 2.52. The van der Waals surface area contributed by atoms with Gasteiger partial charge in [0.1, 0.15) is 11.6 Å². The number of rotatable bonds is 2. The summed E-state index contributed by atoms with van der Waals surface area (Å²) in [6.45, 7) is 5.64. The van der Waals surface area contributed by atoms with E-state index >= 15 is 0 Å². The van der Waals surface area contributed by atoms with Crippen molar-refractivity contribution in [3.8, 4) is 0 Å². The van der Waals surface area contributed by atoms with E-state index in [9.17, 15) is 4.79 Å². The molecule has 2 amide bonds. The Bertz CT molecular complexity index is 573. The number of carbonyl (C=O) groups is 1. The number of nitrogens with one attached hydrogen (secondary N) is 2. The molecule has 0 spiro atoms. The fourth-order valence-electron chi connectivity index (χ4n) is 1.70. The summed E-state index contributed by atoms with van der Waals surface area (Å²) in [5.74, 6) is 1.13. The third-order valence-electron chi connectivity index (χ3n) is 2.52. The maximum absolute atomic E-state index is 11.8. The van der Waals surface area contributed by atoms with Crippen LogP contribution < -0.4 is 10.6 Å². The van der Waals surface area contributed by atoms with E-state index < -0.39 is 0 Å². The minimum atomic E-state index is -0.318. The molecule has 2 aromatic rings. The summed E-state index contributed by atoms with van der Waals surface area (Å²) in [5.41, 5.74) is 2.71. The molecule has 0 aliphatic heterocycles. The summed E-state index contributed by atoms with van der Waals surface area (Å²) in [6.07, 6.45) is 0. The fraction of sp³-hybridized carbons (Fsp3) is 0.214. The average molecular weight is 256 g/mol. The Kier molecular flexibility index (Phi) is 3.75. The van der Waals surface area contributed by atoms with Crippen LogP contribution in [0.2, 0.25) is 0 Å². The van der Waals surface area contributed by atoms with E-state index in [4.69, 9.17) is 0 Å². The summed E-state index contributed by atoms with van der Waals surface area (Å²) >= 11 is 0. The van der Waals surface area contributed by atoms with Crippen molar-refractivity contribution in [1.29, 1.82) is 0 Å². The molecule has 19 heavy (non-hydrogen) atoms. The van der Waals surface area contributed by atoms with E-state index in [1.165, 1.54) is 0 Å². The first-order valence-electron chi connectivity index (χ1n) is 6.00. The van der Waals surface area contributed by atoms with Gasteiger partial charge in [0.2, 0.25) is 0 Å². The standard InChI is InChI=1S/C14H16N4O/c1-9-4-6-12(7-5-9)17-14(19)18-13-8-10(2)15-11(3)16-13/h4-8H,1-3H3,(H2,15,16,17,18,19). The van der Waals surface area contributed by atoms with Crippen molar-refractivity contribution in [2.45, 2.75) is 20.8 Å². The van der Waals surface area contributed by atoms with Crippen molar-refractivity contribution in [2.75, 3.05) is 10.6 Å². The summed E-state index contributed by atoms with van der Waals surface area (Å²) in [6, 6.07) is 8.99. The molecule has 0 aliphatic rings. The second-order valence-electron chi connectivity index (χ2n) is 4.39. The number of carbonyl (C=O) groups excluding carboxylic acids is 1. The normalized spacial score (nSPS) is 10.1. The van der Waals surface area contributed by atoms with Gasteiger partial charge in [-0.05, 0) is 32.9 Å². The van der Waals surface area contributed by atoms with E-state index in [0.717, 1.165) is 16.9 Å². The highest BCUT2D eigenvalue weighted by atomic mass is 16.2. The largest absolute Gasteiger partial charge is 0.324 e. The number of benzene rings is 1. The summed E-state index contributed by atoms with van der Waals surface area (Å²) in [5, 5.41) is 5.43. The zero-order chi connectivity index (χ0) is 13.8. The highest BCUT2D eigenvalue weighted by Crippen LogP contribution is 2.10. The molecule has 0 saturated carbocycles. The Morgan fingerprint density at radius 1 is 1.00 bits per heavy atom. The molecule has 5 nitrogen and oxygen atoms in total. The number of amides is 2. The highest BCUT2D eigenvalue weighted by molar-refractivity contribution is 5.99. The minimum absolute atomic E-state index is 0.318. The second kappa shape index (κ2) is 5.48. The van der Waals surface area contributed by atoms with Crippen LogP contribution in [0.15, 0.2) is 30.3 Å². The molecule has 0 atom stereocenters. The smallest absolute Gasteiger partial charge is 0.308 e. The Morgan fingerprint density at radius 3 is 2.32 bits per heavy atom. The molecule has 0 aliphatic carbocycles. The van der Waals surface area contributed by atoms with Gasteiger partial charge in [-0.1, -0.05) is 17.7 Å². The summed E-state index contributed by atoms with van der Waals surface area (Å²) in [4.78, 5) is 20.1. The van der Waals surface area contributed by atoms with E-state index in [-0.39, 0.29) is 6.03 Å². The van der Waals surface area contributed by atoms with Crippen molar-refractivity contribution < 1.29 is 4.79 Å². The molecule has 0 unspecified atom stereocenters. The molecule has 1 heterocycles. The van der Waals surface area contributed by atoms with Gasteiger partial charge in [0.25, 0.3) is 0 Å². The van der Waals surface area contributed by atoms with Gasteiger partial charge in [-0.15, -0.1) is 0 Å². The van der Waals surface area contributed by atoms with Crippen LogP contribution in [0.1, 0.15) is 17.1 Å². The molecule has 98 valence electrons. The third kappa shape index (κ3) is 3.77. The van der Waals surface area contributed by atoms with Crippen LogP contribution in [0.3, 0.4) is 0 Å². The van der Waals surface area contributed by atoms with Gasteiger partial charge in [0, 0.05) is 17.4 Å². The minimum Gasteiger partial charge on any atom is -0.308 e. The summed E-state index contributed by atoms with van der Waals surface area (Å²) < 4.78 is 0.